The summed E-state index contributed by atoms with van der Waals surface area (Å²) in [7, 11) is -3.83. The van der Waals surface area contributed by atoms with Gasteiger partial charge in [0, 0.05) is 18.8 Å². The van der Waals surface area contributed by atoms with Crippen molar-refractivity contribution in [2.75, 3.05) is 0 Å². The van der Waals surface area contributed by atoms with Gasteiger partial charge in [0.25, 0.3) is 0 Å². The van der Waals surface area contributed by atoms with E-state index < -0.39 is 16.6 Å². The van der Waals surface area contributed by atoms with E-state index >= 15 is 0 Å². The molecule has 0 bridgehead atoms. The molecule has 0 spiro atoms. The first-order valence-corrected chi connectivity index (χ1v) is 16.2. The van der Waals surface area contributed by atoms with E-state index in [9.17, 15) is 4.79 Å². The van der Waals surface area contributed by atoms with Crippen LogP contribution < -0.4 is 0 Å². The molecule has 0 amide bonds. The lowest BCUT2D eigenvalue weighted by Crippen LogP contribution is -2.54. The molecule has 0 heterocycles. The summed E-state index contributed by atoms with van der Waals surface area (Å²) in [6, 6.07) is 0. The minimum Gasteiger partial charge on any atom is -0.413 e. The lowest BCUT2D eigenvalue weighted by atomic mass is 9.81. The predicted octanol–water partition coefficient (Wildman–Crippen LogP) is 6.55. The molecule has 0 aromatic carbocycles. The summed E-state index contributed by atoms with van der Waals surface area (Å²) in [5.41, 5.74) is 0. The Labute approximate surface area is 164 Å². The van der Waals surface area contributed by atoms with Gasteiger partial charge in [-0.05, 0) is 42.7 Å². The summed E-state index contributed by atoms with van der Waals surface area (Å²) in [4.78, 5) is 12.6. The summed E-state index contributed by atoms with van der Waals surface area (Å²) >= 11 is 0. The zero-order valence-corrected chi connectivity index (χ0v) is 21.3. The van der Waals surface area contributed by atoms with Gasteiger partial charge in [-0.3, -0.25) is 4.79 Å². The highest BCUT2D eigenvalue weighted by molar-refractivity contribution is 6.74. The molecule has 0 aromatic rings. The number of carbonyl (C=O) groups is 1. The van der Waals surface area contributed by atoms with Crippen LogP contribution in [0.1, 0.15) is 74.1 Å². The maximum Gasteiger partial charge on any atom is 0.192 e. The molecule has 2 atom stereocenters. The Bertz CT molecular complexity index is 446. The van der Waals surface area contributed by atoms with Crippen LogP contribution in [0.2, 0.25) is 36.3 Å². The van der Waals surface area contributed by atoms with Gasteiger partial charge in [0.1, 0.15) is 5.78 Å². The third kappa shape index (κ3) is 5.76. The van der Waals surface area contributed by atoms with Gasteiger partial charge in [0.15, 0.2) is 16.6 Å². The molecule has 1 aliphatic rings. The van der Waals surface area contributed by atoms with Crippen LogP contribution in [-0.4, -0.2) is 34.6 Å². The average molecular weight is 401 g/mol. The molecular formula is C21H44O3Si2. The predicted molar refractivity (Wildman–Crippen MR) is 117 cm³/mol. The maximum absolute atomic E-state index is 12.6. The van der Waals surface area contributed by atoms with Crippen LogP contribution in [0.15, 0.2) is 0 Å². The molecule has 0 radical (unpaired) electrons. The van der Waals surface area contributed by atoms with Crippen molar-refractivity contribution in [2.45, 2.75) is 123 Å². The molecule has 1 rings (SSSR count). The summed E-state index contributed by atoms with van der Waals surface area (Å²) in [5.74, 6) is 0.644. The van der Waals surface area contributed by atoms with Crippen molar-refractivity contribution in [3.05, 3.63) is 0 Å². The van der Waals surface area contributed by atoms with Crippen molar-refractivity contribution in [3.8, 4) is 0 Å². The van der Waals surface area contributed by atoms with E-state index in [2.05, 4.69) is 74.7 Å². The quantitative estimate of drug-likeness (QED) is 0.474. The van der Waals surface area contributed by atoms with Crippen LogP contribution in [0.4, 0.5) is 0 Å². The second kappa shape index (κ2) is 8.18. The molecule has 1 aliphatic carbocycles. The second-order valence-corrected chi connectivity index (χ2v) is 20.7. The first-order chi connectivity index (χ1) is 11.5. The Morgan fingerprint density at radius 2 is 1.19 bits per heavy atom. The van der Waals surface area contributed by atoms with Crippen LogP contribution in [0.3, 0.4) is 0 Å². The Morgan fingerprint density at radius 1 is 0.846 bits per heavy atom. The minimum absolute atomic E-state index is 0.0202. The number of rotatable bonds is 6. The van der Waals surface area contributed by atoms with Gasteiger partial charge in [-0.25, -0.2) is 0 Å². The van der Waals surface area contributed by atoms with Gasteiger partial charge in [-0.15, -0.1) is 0 Å². The van der Waals surface area contributed by atoms with E-state index in [0.29, 0.717) is 24.5 Å². The average Bonchev–Trinajstić information content (AvgIpc) is 2.39. The molecule has 0 aliphatic heterocycles. The summed E-state index contributed by atoms with van der Waals surface area (Å²) < 4.78 is 13.5. The summed E-state index contributed by atoms with van der Waals surface area (Å²) in [6.07, 6.45) is 3.35. The molecule has 0 saturated heterocycles. The highest BCUT2D eigenvalue weighted by Crippen LogP contribution is 2.44. The summed E-state index contributed by atoms with van der Waals surface area (Å²) in [6.45, 7) is 25.0. The van der Waals surface area contributed by atoms with Crippen LogP contribution in [0.25, 0.3) is 0 Å². The molecule has 0 N–H and O–H groups in total. The Balaban J connectivity index is 3.10. The second-order valence-electron chi connectivity index (χ2n) is 11.2. The van der Waals surface area contributed by atoms with E-state index in [1.807, 2.05) is 0 Å². The molecule has 0 unspecified atom stereocenters. The number of ketones is 1. The topological polar surface area (TPSA) is 35.5 Å². The standard InChI is InChI=1S/C21H44O3Si2/c1-12-13-17-18(23-25(8,9)20(2,3)4)14-16(22)15-19(17)24-26(10,11)21(5,6)7/h17-19H,12-15H2,1-11H3/t18-,19-/m1/s1. The zero-order valence-electron chi connectivity index (χ0n) is 19.3. The van der Waals surface area contributed by atoms with Crippen molar-refractivity contribution in [3.63, 3.8) is 0 Å². The normalized spacial score (nSPS) is 24.2. The number of carbonyl (C=O) groups excluding carboxylic acids is 1. The third-order valence-electron chi connectivity index (χ3n) is 6.94. The van der Waals surface area contributed by atoms with Crippen molar-refractivity contribution in [1.82, 2.24) is 0 Å². The summed E-state index contributed by atoms with van der Waals surface area (Å²) in [5, 5.41) is 0.306. The Hall–Kier alpha value is 0.0238. The maximum atomic E-state index is 12.6. The van der Waals surface area contributed by atoms with Crippen LogP contribution >= 0.6 is 0 Å². The molecule has 5 heteroatoms. The van der Waals surface area contributed by atoms with Gasteiger partial charge in [-0.1, -0.05) is 54.9 Å². The fourth-order valence-electron chi connectivity index (χ4n) is 3.15. The fourth-order valence-corrected chi connectivity index (χ4v) is 5.89. The van der Waals surface area contributed by atoms with E-state index in [0.717, 1.165) is 12.8 Å². The van der Waals surface area contributed by atoms with E-state index in [1.54, 1.807) is 0 Å². The third-order valence-corrected chi connectivity index (χ3v) is 15.9. The molecule has 3 nitrogen and oxygen atoms in total. The first-order valence-electron chi connectivity index (χ1n) is 10.4. The minimum atomic E-state index is -1.91. The highest BCUT2D eigenvalue weighted by Gasteiger charge is 2.47. The molecule has 1 fully saturated rings. The molecule has 154 valence electrons. The monoisotopic (exact) mass is 400 g/mol. The Kier molecular flexibility index (Phi) is 7.57. The Morgan fingerprint density at radius 3 is 1.46 bits per heavy atom. The fraction of sp³-hybridized carbons (Fsp3) is 0.952. The number of Topliss-reactive ketones (excluding diaryl/α,β-unsaturated/α-hetero) is 1. The van der Waals surface area contributed by atoms with Crippen molar-refractivity contribution >= 4 is 22.4 Å². The van der Waals surface area contributed by atoms with Crippen LogP contribution in [0, 0.1) is 5.92 Å². The van der Waals surface area contributed by atoms with Crippen molar-refractivity contribution in [1.29, 1.82) is 0 Å². The van der Waals surface area contributed by atoms with Gasteiger partial charge in [0.2, 0.25) is 0 Å². The lowest BCUT2D eigenvalue weighted by molar-refractivity contribution is -0.130. The van der Waals surface area contributed by atoms with Gasteiger partial charge < -0.3 is 8.85 Å². The van der Waals surface area contributed by atoms with Crippen LogP contribution in [0.5, 0.6) is 0 Å². The first kappa shape index (κ1) is 24.1. The molecule has 1 saturated carbocycles. The van der Waals surface area contributed by atoms with Gasteiger partial charge in [-0.2, -0.15) is 0 Å². The largest absolute Gasteiger partial charge is 0.413 e. The van der Waals surface area contributed by atoms with Gasteiger partial charge in [0.05, 0.1) is 12.2 Å². The SMILES string of the molecule is CCCC1[C@H](O[Si](C)(C)C(C)(C)C)CC(=O)C[C@H]1O[Si](C)(C)C(C)(C)C. The smallest absolute Gasteiger partial charge is 0.192 e. The van der Waals surface area contributed by atoms with E-state index in [-0.39, 0.29) is 22.3 Å². The molecular weight excluding hydrogens is 356 g/mol. The van der Waals surface area contributed by atoms with Gasteiger partial charge >= 0.3 is 0 Å². The number of hydrogen-bond acceptors (Lipinski definition) is 3. The van der Waals surface area contributed by atoms with E-state index in [1.165, 1.54) is 0 Å². The van der Waals surface area contributed by atoms with Crippen molar-refractivity contribution < 1.29 is 13.6 Å². The van der Waals surface area contributed by atoms with E-state index in [4.69, 9.17) is 8.85 Å². The highest BCUT2D eigenvalue weighted by atomic mass is 28.4. The molecule has 0 aromatic heterocycles. The zero-order chi connectivity index (χ0) is 20.6. The molecule has 26 heavy (non-hydrogen) atoms. The van der Waals surface area contributed by atoms with Crippen LogP contribution in [-0.2, 0) is 13.6 Å². The van der Waals surface area contributed by atoms with Crippen molar-refractivity contribution in [2.24, 2.45) is 5.92 Å². The lowest BCUT2D eigenvalue weighted by Gasteiger charge is -2.48. The number of hydrogen-bond donors (Lipinski definition) is 0.